The first-order valence-electron chi connectivity index (χ1n) is 16.1. The van der Waals surface area contributed by atoms with Crippen molar-refractivity contribution >= 4 is 47.4 Å². The summed E-state index contributed by atoms with van der Waals surface area (Å²) in [5, 5.41) is 26.2. The number of carbonyl (C=O) groups excluding carboxylic acids is 5. The minimum atomic E-state index is -1.35. The van der Waals surface area contributed by atoms with Gasteiger partial charge in [-0.15, -0.1) is 0 Å². The molecule has 17 nitrogen and oxygen atoms in total. The number of carboxylic acids is 3. The third kappa shape index (κ3) is 29.8. The van der Waals surface area contributed by atoms with Crippen LogP contribution in [0, 0.1) is 4.41 Å². The van der Waals surface area contributed by atoms with Crippen molar-refractivity contribution in [1.82, 2.24) is 9.80 Å². The van der Waals surface area contributed by atoms with Crippen LogP contribution >= 0.6 is 0 Å². The second-order valence-corrected chi connectivity index (χ2v) is 14.3. The van der Waals surface area contributed by atoms with Crippen LogP contribution in [0.4, 0.5) is 0 Å². The number of esters is 3. The molecule has 0 aromatic carbocycles. The molecule has 0 aromatic rings. The molecule has 0 radical (unpaired) electrons. The van der Waals surface area contributed by atoms with Crippen LogP contribution in [0.5, 0.6) is 0 Å². The zero-order valence-electron chi connectivity index (χ0n) is 31.6. The van der Waals surface area contributed by atoms with Gasteiger partial charge in [-0.25, -0.2) is 0 Å². The Labute approximate surface area is 307 Å². The maximum atomic E-state index is 13.0. The number of carbonyl (C=O) groups is 8. The molecule has 0 spiro atoms. The Morgan fingerprint density at radius 3 is 1.25 bits per heavy atom. The quantitative estimate of drug-likeness (QED) is 0.109. The van der Waals surface area contributed by atoms with E-state index in [0.717, 1.165) is 4.90 Å². The molecule has 0 aliphatic carbocycles. The van der Waals surface area contributed by atoms with Gasteiger partial charge < -0.3 is 34.3 Å². The Morgan fingerprint density at radius 1 is 0.608 bits per heavy atom. The molecule has 4 N–H and O–H groups in total. The first kappa shape index (κ1) is 51.8. The standard InChI is InChI=1S/C23H41NO7.C10H15NO7.Co.HN/c1-11-16(25)12-13-17(20(28)31-23(8,9)10)24(14-18(26)29-21(2,3)4)15-19(27)30-22(5,6)7;1-6(12)2-3-7(10(17)18)11(4-8(13)14)5-9(15)16;;/h17H,11-15H2,1-10H3;7H,2-5H2,1H3,(H,13,14)(H,15,16)(H,17,18);;1H/t17-;7-;;/m01../s1. The molecule has 0 bridgehead atoms. The molecular formula is C33H57CoN3O14. The topological polar surface area (TPSA) is 255 Å². The number of aliphatic carboxylic acids is 3. The predicted octanol–water partition coefficient (Wildman–Crippen LogP) is 3.02. The van der Waals surface area contributed by atoms with Gasteiger partial charge in [0.1, 0.15) is 40.5 Å². The zero-order chi connectivity index (χ0) is 40.9. The number of carboxylic acid groups (broad SMARTS) is 3. The summed E-state index contributed by atoms with van der Waals surface area (Å²) in [6.45, 7) is 16.5. The Balaban J connectivity index is -0.000000977. The molecule has 2 atom stereocenters. The fourth-order valence-electron chi connectivity index (χ4n) is 4.08. The SMILES string of the molecule is CC(=O)CC[C@H](C(=O)O)N(CC(=O)O)CC(=O)O.CCC(=O)CC[C@@H](C(=O)OC(C)(C)C)N(CC(=O)OC(C)(C)C)CC(=O)OC(C)(C)C.[NH]=[Co]. The van der Waals surface area contributed by atoms with E-state index >= 15 is 0 Å². The Hall–Kier alpha value is -3.61. The molecule has 51 heavy (non-hydrogen) atoms. The Bertz CT molecular complexity index is 1140. The molecule has 0 heterocycles. The van der Waals surface area contributed by atoms with Crippen molar-refractivity contribution in [2.75, 3.05) is 26.2 Å². The first-order chi connectivity index (χ1) is 23.1. The van der Waals surface area contributed by atoms with Crippen LogP contribution in [0.3, 0.4) is 0 Å². The monoisotopic (exact) mass is 778 g/mol. The van der Waals surface area contributed by atoms with Crippen LogP contribution < -0.4 is 0 Å². The van der Waals surface area contributed by atoms with Crippen molar-refractivity contribution in [2.45, 2.75) is 137 Å². The van der Waals surface area contributed by atoms with Gasteiger partial charge in [-0.1, -0.05) is 6.92 Å². The zero-order valence-corrected chi connectivity index (χ0v) is 32.6. The van der Waals surface area contributed by atoms with E-state index in [9.17, 15) is 38.4 Å². The summed E-state index contributed by atoms with van der Waals surface area (Å²) < 4.78 is 21.7. The molecule has 0 saturated carbocycles. The van der Waals surface area contributed by atoms with E-state index in [0.29, 0.717) is 6.42 Å². The van der Waals surface area contributed by atoms with Crippen molar-refractivity contribution in [3.8, 4) is 0 Å². The number of ether oxygens (including phenoxy) is 3. The molecule has 0 rings (SSSR count). The summed E-state index contributed by atoms with van der Waals surface area (Å²) in [5.74, 6) is -6.06. The molecule has 18 heteroatoms. The number of rotatable bonds is 19. The molecule has 0 amide bonds. The molecule has 297 valence electrons. The summed E-state index contributed by atoms with van der Waals surface area (Å²) in [6, 6.07) is -2.28. The normalized spacial score (nSPS) is 12.6. The van der Waals surface area contributed by atoms with Crippen molar-refractivity contribution in [3.05, 3.63) is 0 Å². The Kier molecular flexibility index (Phi) is 24.9. The van der Waals surface area contributed by atoms with E-state index in [1.165, 1.54) is 11.8 Å². The van der Waals surface area contributed by atoms with Crippen molar-refractivity contribution in [3.63, 3.8) is 0 Å². The minimum absolute atomic E-state index is 0.0250. The van der Waals surface area contributed by atoms with E-state index in [-0.39, 0.29) is 50.3 Å². The fraction of sp³-hybridized carbons (Fsp3) is 0.758. The van der Waals surface area contributed by atoms with E-state index in [1.54, 1.807) is 69.2 Å². The average molecular weight is 779 g/mol. The van der Waals surface area contributed by atoms with Gasteiger partial charge in [-0.2, -0.15) is 0 Å². The van der Waals surface area contributed by atoms with Gasteiger partial charge in [-0.3, -0.25) is 43.4 Å². The Morgan fingerprint density at radius 2 is 0.961 bits per heavy atom. The molecule has 0 saturated heterocycles. The van der Waals surface area contributed by atoms with Crippen LogP contribution in [-0.2, 0) is 68.1 Å². The van der Waals surface area contributed by atoms with Crippen LogP contribution in [0.2, 0.25) is 0 Å². The fourth-order valence-corrected chi connectivity index (χ4v) is 4.08. The van der Waals surface area contributed by atoms with Gasteiger partial charge in [0.15, 0.2) is 0 Å². The molecule has 0 unspecified atom stereocenters. The number of hydrogen-bond acceptors (Lipinski definition) is 14. The van der Waals surface area contributed by atoms with Crippen LogP contribution in [0.25, 0.3) is 0 Å². The van der Waals surface area contributed by atoms with Gasteiger partial charge >= 0.3 is 55.8 Å². The van der Waals surface area contributed by atoms with E-state index in [4.69, 9.17) is 33.9 Å². The molecule has 0 aliphatic heterocycles. The molecule has 0 fully saturated rings. The van der Waals surface area contributed by atoms with Crippen molar-refractivity contribution in [1.29, 1.82) is 4.41 Å². The van der Waals surface area contributed by atoms with E-state index in [1.807, 2.05) is 0 Å². The summed E-state index contributed by atoms with van der Waals surface area (Å²) in [6.07, 6.45) is 0.407. The number of ketones is 2. The van der Waals surface area contributed by atoms with Crippen LogP contribution in [0.15, 0.2) is 0 Å². The van der Waals surface area contributed by atoms with Crippen molar-refractivity contribution < 1.29 is 83.4 Å². The number of nitrogens with one attached hydrogen (secondary N) is 1. The van der Waals surface area contributed by atoms with Gasteiger partial charge in [0.25, 0.3) is 0 Å². The van der Waals surface area contributed by atoms with Crippen LogP contribution in [0.1, 0.15) is 108 Å². The summed E-state index contributed by atoms with van der Waals surface area (Å²) in [7, 11) is 0. The molecular weight excluding hydrogens is 721 g/mol. The number of nitrogens with zero attached hydrogens (tertiary/aromatic N) is 2. The molecule has 0 aliphatic rings. The second-order valence-electron chi connectivity index (χ2n) is 14.3. The van der Waals surface area contributed by atoms with Crippen molar-refractivity contribution in [2.24, 2.45) is 0 Å². The van der Waals surface area contributed by atoms with Gasteiger partial charge in [0.05, 0.1) is 26.2 Å². The van der Waals surface area contributed by atoms with Gasteiger partial charge in [0, 0.05) is 19.3 Å². The summed E-state index contributed by atoms with van der Waals surface area (Å²) in [5.41, 5.74) is -2.23. The summed E-state index contributed by atoms with van der Waals surface area (Å²) >= 11 is 2.81. The maximum absolute atomic E-state index is 13.0. The van der Waals surface area contributed by atoms with E-state index in [2.05, 4.69) is 15.5 Å². The summed E-state index contributed by atoms with van der Waals surface area (Å²) in [4.78, 5) is 95.0. The number of Topliss-reactive ketones (excluding diaryl/α,β-unsaturated/α-hetero) is 2. The average Bonchev–Trinajstić information content (AvgIpc) is 2.90. The van der Waals surface area contributed by atoms with Gasteiger partial charge in [0.2, 0.25) is 0 Å². The van der Waals surface area contributed by atoms with Crippen LogP contribution in [-0.4, -0.2) is 128 Å². The third-order valence-corrected chi connectivity index (χ3v) is 5.89. The van der Waals surface area contributed by atoms with E-state index < -0.39 is 77.8 Å². The third-order valence-electron chi connectivity index (χ3n) is 5.89. The first-order valence-corrected chi connectivity index (χ1v) is 16.6. The predicted molar refractivity (Wildman–Crippen MR) is 178 cm³/mol. The number of hydrogen-bond donors (Lipinski definition) is 4. The molecule has 0 aromatic heterocycles. The van der Waals surface area contributed by atoms with Gasteiger partial charge in [-0.05, 0) is 82.1 Å². The second kappa shape index (κ2) is 24.6.